The number of thioether (sulfide) groups is 1. The van der Waals surface area contributed by atoms with Crippen molar-refractivity contribution < 1.29 is 4.79 Å². The first-order valence-electron chi connectivity index (χ1n) is 7.55. The maximum Gasteiger partial charge on any atom is 0.239 e. The van der Waals surface area contributed by atoms with Crippen molar-refractivity contribution in [3.05, 3.63) is 60.2 Å². The number of hydrogen-bond donors (Lipinski definition) is 1. The van der Waals surface area contributed by atoms with Crippen molar-refractivity contribution in [1.29, 1.82) is 0 Å². The summed E-state index contributed by atoms with van der Waals surface area (Å²) in [7, 11) is 0. The summed E-state index contributed by atoms with van der Waals surface area (Å²) >= 11 is 2.90. The Balaban J connectivity index is 1.63. The molecule has 0 unspecified atom stereocenters. The first-order chi connectivity index (χ1) is 11.6. The summed E-state index contributed by atoms with van der Waals surface area (Å²) in [5.74, 6) is -0.0736. The number of aromatic nitrogens is 2. The summed E-state index contributed by atoms with van der Waals surface area (Å²) in [4.78, 5) is 13.4. The Morgan fingerprint density at radius 1 is 1.08 bits per heavy atom. The molecule has 6 heteroatoms. The molecule has 1 atom stereocenters. The average molecular weight is 355 g/mol. The van der Waals surface area contributed by atoms with E-state index in [0.29, 0.717) is 5.13 Å². The Morgan fingerprint density at radius 2 is 1.79 bits per heavy atom. The van der Waals surface area contributed by atoms with Crippen molar-refractivity contribution in [2.45, 2.75) is 24.0 Å². The van der Waals surface area contributed by atoms with Gasteiger partial charge in [0.15, 0.2) is 0 Å². The fraction of sp³-hybridized carbons (Fsp3) is 0.167. The van der Waals surface area contributed by atoms with Gasteiger partial charge >= 0.3 is 0 Å². The molecule has 0 bridgehead atoms. The van der Waals surface area contributed by atoms with Gasteiger partial charge in [0.1, 0.15) is 5.01 Å². The van der Waals surface area contributed by atoms with Crippen molar-refractivity contribution in [2.75, 3.05) is 5.32 Å². The van der Waals surface area contributed by atoms with E-state index in [1.807, 2.05) is 68.4 Å². The van der Waals surface area contributed by atoms with E-state index in [1.54, 1.807) is 0 Å². The molecule has 0 aliphatic rings. The first kappa shape index (κ1) is 16.7. The highest BCUT2D eigenvalue weighted by atomic mass is 32.2. The molecule has 122 valence electrons. The fourth-order valence-electron chi connectivity index (χ4n) is 2.05. The minimum atomic E-state index is -0.209. The number of nitrogens with one attached hydrogen (secondary N) is 1. The molecule has 0 fully saturated rings. The average Bonchev–Trinajstić information content (AvgIpc) is 3.05. The van der Waals surface area contributed by atoms with Gasteiger partial charge in [-0.25, -0.2) is 0 Å². The van der Waals surface area contributed by atoms with E-state index in [9.17, 15) is 4.79 Å². The summed E-state index contributed by atoms with van der Waals surface area (Å²) in [6.07, 6.45) is 0. The lowest BCUT2D eigenvalue weighted by Gasteiger charge is -2.09. The molecule has 1 amide bonds. The van der Waals surface area contributed by atoms with Crippen LogP contribution in [0.4, 0.5) is 5.13 Å². The lowest BCUT2D eigenvalue weighted by Crippen LogP contribution is -2.22. The van der Waals surface area contributed by atoms with Crippen molar-refractivity contribution in [3.8, 4) is 10.6 Å². The zero-order valence-corrected chi connectivity index (χ0v) is 15.0. The normalized spacial score (nSPS) is 11.9. The second-order valence-corrected chi connectivity index (χ2v) is 7.73. The highest BCUT2D eigenvalue weighted by Crippen LogP contribution is 2.28. The number of anilines is 1. The van der Waals surface area contributed by atoms with E-state index in [4.69, 9.17) is 0 Å². The van der Waals surface area contributed by atoms with Crippen LogP contribution in [0.3, 0.4) is 0 Å². The number of carbonyl (C=O) groups is 1. The molecule has 1 heterocycles. The molecule has 0 radical (unpaired) electrons. The van der Waals surface area contributed by atoms with Crippen LogP contribution in [-0.2, 0) is 4.79 Å². The van der Waals surface area contributed by atoms with Crippen molar-refractivity contribution in [2.24, 2.45) is 0 Å². The number of carbonyl (C=O) groups excluding carboxylic acids is 1. The lowest BCUT2D eigenvalue weighted by molar-refractivity contribution is -0.115. The summed E-state index contributed by atoms with van der Waals surface area (Å²) in [6, 6.07) is 18.0. The molecule has 0 saturated carbocycles. The van der Waals surface area contributed by atoms with Crippen molar-refractivity contribution in [1.82, 2.24) is 10.2 Å². The topological polar surface area (TPSA) is 54.9 Å². The summed E-state index contributed by atoms with van der Waals surface area (Å²) in [6.45, 7) is 3.93. The van der Waals surface area contributed by atoms with Crippen LogP contribution >= 0.6 is 23.1 Å². The van der Waals surface area contributed by atoms with Gasteiger partial charge in [-0.05, 0) is 26.0 Å². The van der Waals surface area contributed by atoms with E-state index >= 15 is 0 Å². The molecule has 24 heavy (non-hydrogen) atoms. The van der Waals surface area contributed by atoms with Gasteiger partial charge in [0.2, 0.25) is 11.0 Å². The van der Waals surface area contributed by atoms with Gasteiger partial charge in [-0.1, -0.05) is 59.4 Å². The molecule has 0 aliphatic heterocycles. The number of hydrogen-bond acceptors (Lipinski definition) is 5. The second kappa shape index (κ2) is 7.59. The number of rotatable bonds is 5. The molecule has 1 N–H and O–H groups in total. The van der Waals surface area contributed by atoms with E-state index < -0.39 is 0 Å². The highest BCUT2D eigenvalue weighted by molar-refractivity contribution is 8.00. The fourth-order valence-corrected chi connectivity index (χ4v) is 3.69. The van der Waals surface area contributed by atoms with Crippen molar-refractivity contribution in [3.63, 3.8) is 0 Å². The molecule has 1 aromatic heterocycles. The predicted octanol–water partition coefficient (Wildman–Crippen LogP) is 4.63. The minimum Gasteiger partial charge on any atom is -0.300 e. The Morgan fingerprint density at radius 3 is 2.50 bits per heavy atom. The summed E-state index contributed by atoms with van der Waals surface area (Å²) in [5.41, 5.74) is 2.20. The van der Waals surface area contributed by atoms with Crippen LogP contribution in [-0.4, -0.2) is 21.4 Å². The van der Waals surface area contributed by atoms with Crippen LogP contribution < -0.4 is 5.32 Å². The van der Waals surface area contributed by atoms with Gasteiger partial charge in [-0.15, -0.1) is 22.0 Å². The Labute approximate surface area is 149 Å². The number of amides is 1. The minimum absolute atomic E-state index is 0.0736. The third kappa shape index (κ3) is 4.21. The number of nitrogens with zero attached hydrogens (tertiary/aromatic N) is 2. The molecule has 0 aliphatic carbocycles. The quantitative estimate of drug-likeness (QED) is 0.678. The zero-order chi connectivity index (χ0) is 16.9. The highest BCUT2D eigenvalue weighted by Gasteiger charge is 2.16. The largest absolute Gasteiger partial charge is 0.300 e. The summed E-state index contributed by atoms with van der Waals surface area (Å²) < 4.78 is 0. The summed E-state index contributed by atoms with van der Waals surface area (Å²) in [5, 5.41) is 12.2. The van der Waals surface area contributed by atoms with Crippen molar-refractivity contribution >= 4 is 34.1 Å². The Hall–Kier alpha value is -2.18. The van der Waals surface area contributed by atoms with E-state index in [0.717, 1.165) is 15.5 Å². The molecule has 0 spiro atoms. The van der Waals surface area contributed by atoms with Crippen LogP contribution in [0.2, 0.25) is 0 Å². The van der Waals surface area contributed by atoms with Crippen LogP contribution in [0.15, 0.2) is 59.5 Å². The van der Waals surface area contributed by atoms with Crippen LogP contribution in [0.25, 0.3) is 10.6 Å². The zero-order valence-electron chi connectivity index (χ0n) is 13.4. The third-order valence-corrected chi connectivity index (χ3v) is 5.38. The van der Waals surface area contributed by atoms with Gasteiger partial charge in [-0.3, -0.25) is 10.1 Å². The van der Waals surface area contributed by atoms with Gasteiger partial charge in [0, 0.05) is 10.5 Å². The predicted molar refractivity (Wildman–Crippen MR) is 100 cm³/mol. The van der Waals surface area contributed by atoms with E-state index in [2.05, 4.69) is 15.5 Å². The molecule has 3 rings (SSSR count). The number of benzene rings is 2. The van der Waals surface area contributed by atoms with Crippen LogP contribution in [0, 0.1) is 6.92 Å². The van der Waals surface area contributed by atoms with Crippen LogP contribution in [0.5, 0.6) is 0 Å². The maximum absolute atomic E-state index is 12.3. The molecular weight excluding hydrogens is 338 g/mol. The molecule has 2 aromatic carbocycles. The van der Waals surface area contributed by atoms with E-state index in [1.165, 1.54) is 28.7 Å². The molecular formula is C18H17N3OS2. The maximum atomic E-state index is 12.3. The van der Waals surface area contributed by atoms with Gasteiger partial charge < -0.3 is 0 Å². The van der Waals surface area contributed by atoms with Gasteiger partial charge in [0.05, 0.1) is 5.25 Å². The molecule has 0 saturated heterocycles. The lowest BCUT2D eigenvalue weighted by atomic mass is 10.2. The standard InChI is InChI=1S/C18H17N3OS2/c1-12-8-10-14(11-9-12)17-20-21-18(24-17)19-16(22)13(2)23-15-6-4-3-5-7-15/h3-11,13H,1-2H3,(H,19,21,22)/t13-/m0/s1. The van der Waals surface area contributed by atoms with E-state index in [-0.39, 0.29) is 11.2 Å². The number of aryl methyl sites for hydroxylation is 1. The smallest absolute Gasteiger partial charge is 0.239 e. The monoisotopic (exact) mass is 355 g/mol. The van der Waals surface area contributed by atoms with Crippen LogP contribution in [0.1, 0.15) is 12.5 Å². The van der Waals surface area contributed by atoms with Gasteiger partial charge in [0.25, 0.3) is 0 Å². The SMILES string of the molecule is Cc1ccc(-c2nnc(NC(=O)[C@H](C)Sc3ccccc3)s2)cc1. The Kier molecular flexibility index (Phi) is 5.27. The van der Waals surface area contributed by atoms with Gasteiger partial charge in [-0.2, -0.15) is 0 Å². The Bertz CT molecular complexity index is 816. The molecule has 4 nitrogen and oxygen atoms in total. The second-order valence-electron chi connectivity index (χ2n) is 5.34. The first-order valence-corrected chi connectivity index (χ1v) is 9.24. The molecule has 3 aromatic rings. The third-order valence-electron chi connectivity index (χ3n) is 3.38.